The Morgan fingerprint density at radius 2 is 1.75 bits per heavy atom. The lowest BCUT2D eigenvalue weighted by molar-refractivity contribution is -0.154. The van der Waals surface area contributed by atoms with E-state index in [2.05, 4.69) is 26.1 Å². The minimum absolute atomic E-state index is 0.0182. The van der Waals surface area contributed by atoms with Gasteiger partial charge in [0.05, 0.1) is 13.0 Å². The molecule has 4 aliphatic rings. The standard InChI is InChI=1S/C27H37NO4/c1-16-15-22-27(3,14-12-23(29)28-22)18-11-13-26(2)17(24(16)18)9-10-19(26)25(30)32-21-8-6-5-7-20(21)31-4/h5-8,16-19,22,24H,9-15H2,1-4H3,(H,28,29)/t16-,17-,18-,19+,22+,24-,26-,27+/m0/s1. The highest BCUT2D eigenvalue weighted by Crippen LogP contribution is 2.66. The van der Waals surface area contributed by atoms with Gasteiger partial charge in [-0.3, -0.25) is 9.59 Å². The van der Waals surface area contributed by atoms with Gasteiger partial charge in [-0.05, 0) is 85.2 Å². The molecular weight excluding hydrogens is 402 g/mol. The van der Waals surface area contributed by atoms with Gasteiger partial charge >= 0.3 is 5.97 Å². The first kappa shape index (κ1) is 21.8. The van der Waals surface area contributed by atoms with Crippen molar-refractivity contribution in [1.82, 2.24) is 5.32 Å². The topological polar surface area (TPSA) is 64.6 Å². The maximum atomic E-state index is 13.4. The van der Waals surface area contributed by atoms with Gasteiger partial charge in [0.1, 0.15) is 0 Å². The third kappa shape index (κ3) is 3.18. The Balaban J connectivity index is 1.38. The van der Waals surface area contributed by atoms with Gasteiger partial charge in [0, 0.05) is 12.5 Å². The fourth-order valence-corrected chi connectivity index (χ4v) is 8.32. The molecule has 0 radical (unpaired) electrons. The third-order valence-corrected chi connectivity index (χ3v) is 10.0. The number of esters is 1. The smallest absolute Gasteiger partial charge is 0.315 e. The number of carbonyl (C=O) groups is 2. The van der Waals surface area contributed by atoms with E-state index in [-0.39, 0.29) is 28.6 Å². The molecule has 8 atom stereocenters. The average Bonchev–Trinajstić information content (AvgIpc) is 3.12. The zero-order valence-electron chi connectivity index (χ0n) is 19.9. The van der Waals surface area contributed by atoms with E-state index in [4.69, 9.17) is 9.47 Å². The summed E-state index contributed by atoms with van der Waals surface area (Å²) in [4.78, 5) is 25.5. The quantitative estimate of drug-likeness (QED) is 0.533. The van der Waals surface area contributed by atoms with Crippen LogP contribution in [0, 0.1) is 40.4 Å². The molecule has 0 bridgehead atoms. The number of piperidine rings is 1. The van der Waals surface area contributed by atoms with Gasteiger partial charge in [-0.2, -0.15) is 0 Å². The van der Waals surface area contributed by atoms with Gasteiger partial charge in [-0.25, -0.2) is 0 Å². The SMILES string of the molecule is COc1ccccc1OC(=O)[C@H]1CC[C@H]2[C@@H]3[C@@H](C)C[C@H]4NC(=O)CC[C@]4(C)[C@H]3CC[C@]12C. The summed E-state index contributed by atoms with van der Waals surface area (Å²) in [7, 11) is 1.60. The molecule has 1 amide bonds. The molecule has 5 rings (SSSR count). The first-order valence-electron chi connectivity index (χ1n) is 12.4. The summed E-state index contributed by atoms with van der Waals surface area (Å²) in [6.07, 6.45) is 6.92. The molecule has 5 nitrogen and oxygen atoms in total. The maximum Gasteiger partial charge on any atom is 0.315 e. The van der Waals surface area contributed by atoms with E-state index in [1.807, 2.05) is 24.3 Å². The lowest BCUT2D eigenvalue weighted by Gasteiger charge is -2.62. The number of amides is 1. The van der Waals surface area contributed by atoms with Crippen molar-refractivity contribution >= 4 is 11.9 Å². The average molecular weight is 440 g/mol. The summed E-state index contributed by atoms with van der Waals surface area (Å²) in [5, 5.41) is 3.33. The van der Waals surface area contributed by atoms with E-state index in [0.29, 0.717) is 47.6 Å². The molecule has 1 aliphatic heterocycles. The molecule has 1 N–H and O–H groups in total. The van der Waals surface area contributed by atoms with Crippen LogP contribution in [0.3, 0.4) is 0 Å². The maximum absolute atomic E-state index is 13.4. The van der Waals surface area contributed by atoms with Crippen LogP contribution >= 0.6 is 0 Å². The molecule has 5 heteroatoms. The van der Waals surface area contributed by atoms with Gasteiger partial charge in [-0.1, -0.05) is 32.9 Å². The van der Waals surface area contributed by atoms with E-state index < -0.39 is 0 Å². The van der Waals surface area contributed by atoms with Crippen LogP contribution in [0.15, 0.2) is 24.3 Å². The van der Waals surface area contributed by atoms with Gasteiger partial charge in [0.25, 0.3) is 0 Å². The van der Waals surface area contributed by atoms with Crippen molar-refractivity contribution in [3.63, 3.8) is 0 Å². The van der Waals surface area contributed by atoms with Crippen molar-refractivity contribution in [3.8, 4) is 11.5 Å². The van der Waals surface area contributed by atoms with Crippen LogP contribution in [0.2, 0.25) is 0 Å². The van der Waals surface area contributed by atoms with Crippen molar-refractivity contribution in [3.05, 3.63) is 24.3 Å². The summed E-state index contributed by atoms with van der Waals surface area (Å²) in [5.74, 6) is 3.51. The number of nitrogens with one attached hydrogen (secondary N) is 1. The van der Waals surface area contributed by atoms with Crippen molar-refractivity contribution in [2.45, 2.75) is 71.8 Å². The Bertz CT molecular complexity index is 915. The Hall–Kier alpha value is -2.04. The van der Waals surface area contributed by atoms with Crippen LogP contribution in [0.4, 0.5) is 0 Å². The highest BCUT2D eigenvalue weighted by Gasteiger charge is 2.63. The van der Waals surface area contributed by atoms with E-state index in [0.717, 1.165) is 38.5 Å². The zero-order chi connectivity index (χ0) is 22.7. The van der Waals surface area contributed by atoms with E-state index >= 15 is 0 Å². The van der Waals surface area contributed by atoms with Crippen LogP contribution in [0.1, 0.15) is 65.7 Å². The lowest BCUT2D eigenvalue weighted by Crippen LogP contribution is -2.63. The van der Waals surface area contributed by atoms with Crippen LogP contribution in [0.25, 0.3) is 0 Å². The second-order valence-corrected chi connectivity index (χ2v) is 11.4. The van der Waals surface area contributed by atoms with Crippen molar-refractivity contribution < 1.29 is 19.1 Å². The summed E-state index contributed by atoms with van der Waals surface area (Å²) in [6.45, 7) is 7.15. The minimum atomic E-state index is -0.101. The number of methoxy groups -OCH3 is 1. The van der Waals surface area contributed by atoms with Crippen molar-refractivity contribution in [2.75, 3.05) is 7.11 Å². The Morgan fingerprint density at radius 1 is 1.03 bits per heavy atom. The highest BCUT2D eigenvalue weighted by atomic mass is 16.6. The summed E-state index contributed by atoms with van der Waals surface area (Å²) >= 11 is 0. The minimum Gasteiger partial charge on any atom is -0.493 e. The second-order valence-electron chi connectivity index (χ2n) is 11.4. The molecule has 3 aliphatic carbocycles. The molecule has 174 valence electrons. The first-order valence-corrected chi connectivity index (χ1v) is 12.4. The van der Waals surface area contributed by atoms with Crippen molar-refractivity contribution in [1.29, 1.82) is 0 Å². The van der Waals surface area contributed by atoms with Gasteiger partial charge < -0.3 is 14.8 Å². The monoisotopic (exact) mass is 439 g/mol. The molecule has 1 aromatic carbocycles. The van der Waals surface area contributed by atoms with E-state index in [9.17, 15) is 9.59 Å². The van der Waals surface area contributed by atoms with Gasteiger partial charge in [0.2, 0.25) is 5.91 Å². The number of benzene rings is 1. The Labute approximate surface area is 191 Å². The molecule has 1 saturated heterocycles. The predicted octanol–water partition coefficient (Wildman–Crippen LogP) is 4.98. The number of carbonyl (C=O) groups excluding carboxylic acids is 2. The molecule has 0 aromatic heterocycles. The first-order chi connectivity index (χ1) is 15.3. The number of hydrogen-bond donors (Lipinski definition) is 1. The molecule has 0 unspecified atom stereocenters. The van der Waals surface area contributed by atoms with Crippen molar-refractivity contribution in [2.24, 2.45) is 40.4 Å². The number of ether oxygens (including phenoxy) is 2. The predicted molar refractivity (Wildman–Crippen MR) is 122 cm³/mol. The van der Waals surface area contributed by atoms with Crippen LogP contribution < -0.4 is 14.8 Å². The van der Waals surface area contributed by atoms with Crippen LogP contribution in [-0.4, -0.2) is 25.0 Å². The molecule has 0 spiro atoms. The van der Waals surface area contributed by atoms with Gasteiger partial charge in [-0.15, -0.1) is 0 Å². The van der Waals surface area contributed by atoms with Crippen LogP contribution in [-0.2, 0) is 9.59 Å². The summed E-state index contributed by atoms with van der Waals surface area (Å²) in [6, 6.07) is 7.70. The molecule has 4 fully saturated rings. The van der Waals surface area contributed by atoms with E-state index in [1.54, 1.807) is 7.11 Å². The summed E-state index contributed by atoms with van der Waals surface area (Å²) < 4.78 is 11.3. The molecule has 32 heavy (non-hydrogen) atoms. The zero-order valence-corrected chi connectivity index (χ0v) is 19.9. The van der Waals surface area contributed by atoms with Gasteiger partial charge in [0.15, 0.2) is 11.5 Å². The largest absolute Gasteiger partial charge is 0.493 e. The summed E-state index contributed by atoms with van der Waals surface area (Å²) in [5.41, 5.74) is 0.165. The third-order valence-electron chi connectivity index (χ3n) is 10.0. The van der Waals surface area contributed by atoms with Crippen LogP contribution in [0.5, 0.6) is 11.5 Å². The molecule has 1 heterocycles. The fourth-order valence-electron chi connectivity index (χ4n) is 8.32. The second kappa shape index (κ2) is 7.78. The fraction of sp³-hybridized carbons (Fsp3) is 0.704. The molecule has 3 saturated carbocycles. The Kier molecular flexibility index (Phi) is 5.29. The molecular formula is C27H37NO4. The van der Waals surface area contributed by atoms with E-state index in [1.165, 1.54) is 0 Å². The number of fused-ring (bicyclic) bond motifs is 5. The molecule has 1 aromatic rings. The number of rotatable bonds is 3. The number of para-hydroxylation sites is 2. The lowest BCUT2D eigenvalue weighted by atomic mass is 9.45. The Morgan fingerprint density at radius 3 is 2.50 bits per heavy atom. The normalized spacial score (nSPS) is 42.8. The highest BCUT2D eigenvalue weighted by molar-refractivity contribution is 5.78. The number of hydrogen-bond acceptors (Lipinski definition) is 4.